The highest BCUT2D eigenvalue weighted by molar-refractivity contribution is 5.84. The van der Waals surface area contributed by atoms with E-state index in [0.29, 0.717) is 12.3 Å². The van der Waals surface area contributed by atoms with Crippen LogP contribution >= 0.6 is 0 Å². The van der Waals surface area contributed by atoms with Gasteiger partial charge < -0.3 is 14.1 Å². The van der Waals surface area contributed by atoms with E-state index in [2.05, 4.69) is 16.9 Å². The molecule has 0 saturated heterocycles. The molecule has 6 heteroatoms. The molecular weight excluding hydrogens is 282 g/mol. The fourth-order valence-corrected chi connectivity index (χ4v) is 2.47. The van der Waals surface area contributed by atoms with Crippen molar-refractivity contribution in [3.63, 3.8) is 0 Å². The first kappa shape index (κ1) is 14.3. The van der Waals surface area contributed by atoms with Crippen molar-refractivity contribution in [2.45, 2.75) is 33.2 Å². The van der Waals surface area contributed by atoms with Crippen LogP contribution in [0.3, 0.4) is 0 Å². The highest BCUT2D eigenvalue weighted by Gasteiger charge is 2.15. The lowest BCUT2D eigenvalue weighted by Gasteiger charge is -2.06. The summed E-state index contributed by atoms with van der Waals surface area (Å²) in [5.74, 6) is 0.393. The van der Waals surface area contributed by atoms with E-state index in [4.69, 9.17) is 9.52 Å². The maximum absolute atomic E-state index is 10.9. The van der Waals surface area contributed by atoms with Crippen molar-refractivity contribution in [3.05, 3.63) is 47.3 Å². The maximum atomic E-state index is 10.9. The molecule has 6 nitrogen and oxygen atoms in total. The van der Waals surface area contributed by atoms with E-state index in [1.165, 1.54) is 6.07 Å². The monoisotopic (exact) mass is 299 g/mol. The lowest BCUT2D eigenvalue weighted by atomic mass is 10.3. The molecule has 0 aliphatic rings. The molecule has 0 fully saturated rings. The van der Waals surface area contributed by atoms with Gasteiger partial charge in [-0.25, -0.2) is 14.8 Å². The molecule has 3 heterocycles. The standard InChI is InChI=1S/C16H17N3O3/c1-3-4-14-18-12-7-10(2)8-17-15(12)19(14)9-11-5-6-13(22-11)16(20)21/h5-8H,3-4,9H2,1-2H3,(H,20,21). The zero-order valence-electron chi connectivity index (χ0n) is 12.5. The van der Waals surface area contributed by atoms with Gasteiger partial charge in [0.1, 0.15) is 17.1 Å². The summed E-state index contributed by atoms with van der Waals surface area (Å²) in [6.07, 6.45) is 3.61. The topological polar surface area (TPSA) is 81.2 Å². The largest absolute Gasteiger partial charge is 0.475 e. The van der Waals surface area contributed by atoms with Crippen molar-refractivity contribution in [1.82, 2.24) is 14.5 Å². The predicted octanol–water partition coefficient (Wildman–Crippen LogP) is 3.03. The number of hydrogen-bond acceptors (Lipinski definition) is 4. The molecule has 0 aliphatic heterocycles. The van der Waals surface area contributed by atoms with E-state index < -0.39 is 5.97 Å². The molecule has 3 aromatic heterocycles. The first-order valence-corrected chi connectivity index (χ1v) is 7.22. The van der Waals surface area contributed by atoms with E-state index in [-0.39, 0.29) is 5.76 Å². The average molecular weight is 299 g/mol. The summed E-state index contributed by atoms with van der Waals surface area (Å²) in [5, 5.41) is 8.94. The molecule has 114 valence electrons. The first-order chi connectivity index (χ1) is 10.6. The van der Waals surface area contributed by atoms with Gasteiger partial charge in [-0.3, -0.25) is 0 Å². The number of fused-ring (bicyclic) bond motifs is 1. The van der Waals surface area contributed by atoms with Gasteiger partial charge in [-0.15, -0.1) is 0 Å². The number of carboxylic acids is 1. The van der Waals surface area contributed by atoms with Gasteiger partial charge in [0.25, 0.3) is 0 Å². The average Bonchev–Trinajstić information content (AvgIpc) is 3.05. The Kier molecular flexibility index (Phi) is 3.66. The van der Waals surface area contributed by atoms with Gasteiger partial charge in [0.2, 0.25) is 5.76 Å². The molecule has 0 saturated carbocycles. The number of rotatable bonds is 5. The summed E-state index contributed by atoms with van der Waals surface area (Å²) in [7, 11) is 0. The number of nitrogens with zero attached hydrogens (tertiary/aromatic N) is 3. The van der Waals surface area contributed by atoms with Crippen LogP contribution in [0.15, 0.2) is 28.8 Å². The summed E-state index contributed by atoms with van der Waals surface area (Å²) in [6, 6.07) is 5.15. The Hall–Kier alpha value is -2.63. The van der Waals surface area contributed by atoms with Crippen molar-refractivity contribution in [3.8, 4) is 0 Å². The number of aromatic carboxylic acids is 1. The van der Waals surface area contributed by atoms with Crippen LogP contribution < -0.4 is 0 Å². The van der Waals surface area contributed by atoms with Crippen molar-refractivity contribution < 1.29 is 14.3 Å². The summed E-state index contributed by atoms with van der Waals surface area (Å²) in [4.78, 5) is 20.0. The Morgan fingerprint density at radius 2 is 2.23 bits per heavy atom. The number of aromatic nitrogens is 3. The van der Waals surface area contributed by atoms with Crippen molar-refractivity contribution in [1.29, 1.82) is 0 Å². The molecule has 22 heavy (non-hydrogen) atoms. The van der Waals surface area contributed by atoms with E-state index in [9.17, 15) is 4.79 Å². The molecule has 0 radical (unpaired) electrons. The fourth-order valence-electron chi connectivity index (χ4n) is 2.47. The number of imidazole rings is 1. The van der Waals surface area contributed by atoms with Gasteiger partial charge in [0.15, 0.2) is 5.65 Å². The van der Waals surface area contributed by atoms with Crippen LogP contribution in [0.25, 0.3) is 11.2 Å². The number of hydrogen-bond donors (Lipinski definition) is 1. The molecule has 3 aromatic rings. The molecule has 0 aliphatic carbocycles. The number of pyridine rings is 1. The molecule has 1 N–H and O–H groups in total. The lowest BCUT2D eigenvalue weighted by molar-refractivity contribution is 0.0660. The van der Waals surface area contributed by atoms with E-state index in [1.807, 2.05) is 17.6 Å². The maximum Gasteiger partial charge on any atom is 0.371 e. The van der Waals surface area contributed by atoms with Gasteiger partial charge in [0.05, 0.1) is 6.54 Å². The van der Waals surface area contributed by atoms with Crippen LogP contribution in [0.5, 0.6) is 0 Å². The molecule has 0 atom stereocenters. The minimum absolute atomic E-state index is 0.0553. The first-order valence-electron chi connectivity index (χ1n) is 7.22. The van der Waals surface area contributed by atoms with Gasteiger partial charge in [-0.2, -0.15) is 0 Å². The van der Waals surface area contributed by atoms with Gasteiger partial charge in [-0.05, 0) is 37.1 Å². The van der Waals surface area contributed by atoms with E-state index in [1.54, 1.807) is 12.3 Å². The number of carbonyl (C=O) groups is 1. The van der Waals surface area contributed by atoms with Gasteiger partial charge in [0, 0.05) is 12.6 Å². The highest BCUT2D eigenvalue weighted by Crippen LogP contribution is 2.19. The fraction of sp³-hybridized carbons (Fsp3) is 0.312. The highest BCUT2D eigenvalue weighted by atomic mass is 16.4. The van der Waals surface area contributed by atoms with Crippen LogP contribution in [-0.2, 0) is 13.0 Å². The van der Waals surface area contributed by atoms with E-state index >= 15 is 0 Å². The third-order valence-electron chi connectivity index (χ3n) is 3.46. The third kappa shape index (κ3) is 2.59. The van der Waals surface area contributed by atoms with Gasteiger partial charge >= 0.3 is 5.97 Å². The Labute approximate surface area is 127 Å². The molecular formula is C16H17N3O3. The minimum Gasteiger partial charge on any atom is -0.475 e. The zero-order valence-corrected chi connectivity index (χ0v) is 12.5. The van der Waals surface area contributed by atoms with Crippen LogP contribution in [0.4, 0.5) is 0 Å². The van der Waals surface area contributed by atoms with Crippen LogP contribution in [0, 0.1) is 6.92 Å². The summed E-state index contributed by atoms with van der Waals surface area (Å²) < 4.78 is 7.34. The van der Waals surface area contributed by atoms with E-state index in [0.717, 1.165) is 35.4 Å². The molecule has 0 aromatic carbocycles. The smallest absolute Gasteiger partial charge is 0.371 e. The second kappa shape index (κ2) is 5.63. The quantitative estimate of drug-likeness (QED) is 0.783. The van der Waals surface area contributed by atoms with Crippen LogP contribution in [0.2, 0.25) is 0 Å². The Bertz CT molecular complexity index is 832. The number of carboxylic acid groups (broad SMARTS) is 1. The van der Waals surface area contributed by atoms with Crippen molar-refractivity contribution >= 4 is 17.1 Å². The Morgan fingerprint density at radius 1 is 1.41 bits per heavy atom. The summed E-state index contributed by atoms with van der Waals surface area (Å²) in [6.45, 7) is 4.50. The molecule has 0 spiro atoms. The lowest BCUT2D eigenvalue weighted by Crippen LogP contribution is -2.05. The molecule has 0 amide bonds. The van der Waals surface area contributed by atoms with Crippen LogP contribution in [-0.4, -0.2) is 25.6 Å². The number of aryl methyl sites for hydroxylation is 2. The van der Waals surface area contributed by atoms with Crippen LogP contribution in [0.1, 0.15) is 41.0 Å². The molecule has 0 unspecified atom stereocenters. The predicted molar refractivity (Wildman–Crippen MR) is 81.0 cm³/mol. The Morgan fingerprint density at radius 3 is 2.91 bits per heavy atom. The normalized spacial score (nSPS) is 11.2. The Balaban J connectivity index is 2.03. The third-order valence-corrected chi connectivity index (χ3v) is 3.46. The summed E-state index contributed by atoms with van der Waals surface area (Å²) >= 11 is 0. The summed E-state index contributed by atoms with van der Waals surface area (Å²) in [5.41, 5.74) is 2.71. The SMILES string of the molecule is CCCc1nc2cc(C)cnc2n1Cc1ccc(C(=O)O)o1. The molecule has 0 bridgehead atoms. The second-order valence-electron chi connectivity index (χ2n) is 5.29. The van der Waals surface area contributed by atoms with Crippen molar-refractivity contribution in [2.24, 2.45) is 0 Å². The van der Waals surface area contributed by atoms with Crippen molar-refractivity contribution in [2.75, 3.05) is 0 Å². The number of furan rings is 1. The minimum atomic E-state index is -1.07. The molecule has 3 rings (SSSR count). The second-order valence-corrected chi connectivity index (χ2v) is 5.29. The zero-order chi connectivity index (χ0) is 15.7. The van der Waals surface area contributed by atoms with Gasteiger partial charge in [-0.1, -0.05) is 6.92 Å².